The number of hydrogen-bond acceptors (Lipinski definition) is 3. The molecule has 0 saturated heterocycles. The molecule has 1 unspecified atom stereocenters. The molecule has 1 aromatic carbocycles. The van der Waals surface area contributed by atoms with Crippen molar-refractivity contribution in [3.63, 3.8) is 0 Å². The first-order chi connectivity index (χ1) is 12.7. The fourth-order valence-electron chi connectivity index (χ4n) is 4.36. The quantitative estimate of drug-likeness (QED) is 0.764. The second kappa shape index (κ2) is 8.24. The summed E-state index contributed by atoms with van der Waals surface area (Å²) in [6.07, 6.45) is 9.97. The second-order valence-corrected chi connectivity index (χ2v) is 7.18. The minimum Gasteiger partial charge on any atom is -0.330 e. The number of unbranched alkanes of at least 4 members (excludes halogenated alkanes) is 3. The normalized spacial score (nSPS) is 20.1. The van der Waals surface area contributed by atoms with Gasteiger partial charge in [0, 0.05) is 12.1 Å². The molecule has 0 spiro atoms. The lowest BCUT2D eigenvalue weighted by molar-refractivity contribution is -0.130. The maximum absolute atomic E-state index is 13.2. The Kier molecular flexibility index (Phi) is 5.98. The van der Waals surface area contributed by atoms with E-state index in [2.05, 4.69) is 12.1 Å². The highest BCUT2D eigenvalue weighted by atomic mass is 35.5. The van der Waals surface area contributed by atoms with Gasteiger partial charge in [-0.15, -0.1) is 12.4 Å². The number of fused-ring (bicyclic) bond motifs is 4. The van der Waals surface area contributed by atoms with Crippen LogP contribution in [0.4, 0.5) is 0 Å². The SMILES string of the molecule is Cl.NCCCCCCN1C(=O)C2=CC=CC(=O)C2=C2Cc3ccccc3C21. The topological polar surface area (TPSA) is 63.4 Å². The minimum atomic E-state index is -0.0872. The van der Waals surface area contributed by atoms with Crippen molar-refractivity contribution < 1.29 is 9.59 Å². The van der Waals surface area contributed by atoms with Gasteiger partial charge in [0.15, 0.2) is 5.78 Å². The van der Waals surface area contributed by atoms with Crippen molar-refractivity contribution in [2.75, 3.05) is 13.1 Å². The highest BCUT2D eigenvalue weighted by Gasteiger charge is 2.44. The predicted octanol–water partition coefficient (Wildman–Crippen LogP) is 3.43. The lowest BCUT2D eigenvalue weighted by atomic mass is 9.84. The molecule has 4 nitrogen and oxygen atoms in total. The van der Waals surface area contributed by atoms with Gasteiger partial charge >= 0.3 is 0 Å². The summed E-state index contributed by atoms with van der Waals surface area (Å²) in [5.41, 5.74) is 10.3. The zero-order chi connectivity index (χ0) is 18.1. The van der Waals surface area contributed by atoms with E-state index in [0.717, 1.165) is 44.2 Å². The second-order valence-electron chi connectivity index (χ2n) is 7.18. The number of carbonyl (C=O) groups excluding carboxylic acids is 2. The number of ketones is 1. The molecule has 5 heteroatoms. The van der Waals surface area contributed by atoms with Crippen LogP contribution in [0.1, 0.15) is 42.9 Å². The molecule has 2 aliphatic carbocycles. The van der Waals surface area contributed by atoms with Gasteiger partial charge < -0.3 is 10.6 Å². The van der Waals surface area contributed by atoms with E-state index in [1.165, 1.54) is 11.1 Å². The fraction of sp³-hybridized carbons (Fsp3) is 0.364. The number of carbonyl (C=O) groups is 2. The van der Waals surface area contributed by atoms with Gasteiger partial charge in [0.2, 0.25) is 0 Å². The van der Waals surface area contributed by atoms with E-state index in [4.69, 9.17) is 5.73 Å². The molecule has 27 heavy (non-hydrogen) atoms. The molecule has 142 valence electrons. The molecule has 1 aromatic rings. The Morgan fingerprint density at radius 2 is 1.85 bits per heavy atom. The van der Waals surface area contributed by atoms with Crippen molar-refractivity contribution in [3.8, 4) is 0 Å². The lowest BCUT2D eigenvalue weighted by Crippen LogP contribution is -2.42. The van der Waals surface area contributed by atoms with Gasteiger partial charge in [-0.3, -0.25) is 9.59 Å². The van der Waals surface area contributed by atoms with Crippen molar-refractivity contribution in [3.05, 3.63) is 70.3 Å². The molecular formula is C22H25ClN2O2. The molecule has 3 aliphatic rings. The Bertz CT molecular complexity index is 854. The summed E-state index contributed by atoms with van der Waals surface area (Å²) in [5, 5.41) is 0. The highest BCUT2D eigenvalue weighted by molar-refractivity contribution is 6.19. The average molecular weight is 385 g/mol. The van der Waals surface area contributed by atoms with Gasteiger partial charge in [0.1, 0.15) is 0 Å². The van der Waals surface area contributed by atoms with Gasteiger partial charge in [-0.05, 0) is 54.7 Å². The molecule has 1 heterocycles. The van der Waals surface area contributed by atoms with E-state index in [9.17, 15) is 9.59 Å². The molecule has 1 aliphatic heterocycles. The van der Waals surface area contributed by atoms with Crippen molar-refractivity contribution in [2.45, 2.75) is 38.1 Å². The van der Waals surface area contributed by atoms with Gasteiger partial charge in [0.25, 0.3) is 5.91 Å². The van der Waals surface area contributed by atoms with Gasteiger partial charge in [-0.2, -0.15) is 0 Å². The number of rotatable bonds is 6. The Balaban J connectivity index is 0.00000210. The average Bonchev–Trinajstić information content (AvgIpc) is 3.03. The van der Waals surface area contributed by atoms with Crippen LogP contribution in [0.5, 0.6) is 0 Å². The number of benzene rings is 1. The predicted molar refractivity (Wildman–Crippen MR) is 109 cm³/mol. The van der Waals surface area contributed by atoms with Gasteiger partial charge in [0.05, 0.1) is 11.6 Å². The Morgan fingerprint density at radius 3 is 2.67 bits per heavy atom. The largest absolute Gasteiger partial charge is 0.330 e. The van der Waals surface area contributed by atoms with E-state index < -0.39 is 0 Å². The summed E-state index contributed by atoms with van der Waals surface area (Å²) in [4.78, 5) is 27.7. The summed E-state index contributed by atoms with van der Waals surface area (Å²) in [6, 6.07) is 8.16. The number of halogens is 1. The van der Waals surface area contributed by atoms with Crippen molar-refractivity contribution >= 4 is 24.1 Å². The standard InChI is InChI=1S/C22H24N2O2.ClH/c23-12-5-1-2-6-13-24-21-16-9-4-3-8-15(16)14-18(21)20-17(22(24)26)10-7-11-19(20)25;/h3-4,7-11,21H,1-2,5-6,12-14,23H2;1H. The van der Waals surface area contributed by atoms with Crippen LogP contribution in [0.2, 0.25) is 0 Å². The number of nitrogens with zero attached hydrogens (tertiary/aromatic N) is 1. The summed E-state index contributed by atoms with van der Waals surface area (Å²) in [6.45, 7) is 1.44. The summed E-state index contributed by atoms with van der Waals surface area (Å²) in [7, 11) is 0. The summed E-state index contributed by atoms with van der Waals surface area (Å²) in [5.74, 6) is -0.0479. The molecule has 0 aromatic heterocycles. The zero-order valence-corrected chi connectivity index (χ0v) is 16.1. The number of nitrogens with two attached hydrogens (primary N) is 1. The first-order valence-electron chi connectivity index (χ1n) is 9.47. The summed E-state index contributed by atoms with van der Waals surface area (Å²) < 4.78 is 0. The third kappa shape index (κ3) is 3.40. The Morgan fingerprint density at radius 1 is 1.07 bits per heavy atom. The van der Waals surface area contributed by atoms with Crippen LogP contribution >= 0.6 is 12.4 Å². The minimum absolute atomic E-state index is 0. The third-order valence-corrected chi connectivity index (χ3v) is 5.56. The first-order valence-corrected chi connectivity index (χ1v) is 9.47. The smallest absolute Gasteiger partial charge is 0.255 e. The van der Waals surface area contributed by atoms with Crippen molar-refractivity contribution in [1.82, 2.24) is 4.90 Å². The van der Waals surface area contributed by atoms with Crippen LogP contribution in [0.3, 0.4) is 0 Å². The maximum Gasteiger partial charge on any atom is 0.255 e. The van der Waals surface area contributed by atoms with E-state index in [0.29, 0.717) is 17.7 Å². The molecule has 0 radical (unpaired) electrons. The van der Waals surface area contributed by atoms with Gasteiger partial charge in [-0.1, -0.05) is 43.2 Å². The van der Waals surface area contributed by atoms with Crippen molar-refractivity contribution in [1.29, 1.82) is 0 Å². The highest BCUT2D eigenvalue weighted by Crippen LogP contribution is 2.47. The van der Waals surface area contributed by atoms with Crippen molar-refractivity contribution in [2.24, 2.45) is 5.73 Å². The first kappa shape index (κ1) is 19.6. The molecule has 1 atom stereocenters. The number of allylic oxidation sites excluding steroid dienone is 3. The van der Waals surface area contributed by atoms with E-state index in [1.54, 1.807) is 18.2 Å². The molecule has 4 rings (SSSR count). The monoisotopic (exact) mass is 384 g/mol. The van der Waals surface area contributed by atoms with Crippen LogP contribution < -0.4 is 5.73 Å². The molecule has 2 N–H and O–H groups in total. The molecule has 0 saturated carbocycles. The summed E-state index contributed by atoms with van der Waals surface area (Å²) >= 11 is 0. The third-order valence-electron chi connectivity index (χ3n) is 5.56. The molecular weight excluding hydrogens is 360 g/mol. The zero-order valence-electron chi connectivity index (χ0n) is 15.3. The fourth-order valence-corrected chi connectivity index (χ4v) is 4.36. The Labute approximate surface area is 166 Å². The molecule has 0 bridgehead atoms. The van der Waals surface area contributed by atoms with Crippen LogP contribution in [-0.2, 0) is 16.0 Å². The number of hydrogen-bond donors (Lipinski definition) is 1. The lowest BCUT2D eigenvalue weighted by Gasteiger charge is -2.37. The number of amides is 1. The van der Waals surface area contributed by atoms with Crippen LogP contribution in [0.15, 0.2) is 59.2 Å². The van der Waals surface area contributed by atoms with Crippen LogP contribution in [0, 0.1) is 0 Å². The van der Waals surface area contributed by atoms with Crippen LogP contribution in [0.25, 0.3) is 0 Å². The van der Waals surface area contributed by atoms with E-state index >= 15 is 0 Å². The van der Waals surface area contributed by atoms with E-state index in [-0.39, 0.29) is 30.1 Å². The Hall–Kier alpha value is -2.17. The van der Waals surface area contributed by atoms with Gasteiger partial charge in [-0.25, -0.2) is 0 Å². The van der Waals surface area contributed by atoms with Crippen LogP contribution in [-0.4, -0.2) is 29.7 Å². The van der Waals surface area contributed by atoms with E-state index in [1.807, 2.05) is 17.0 Å². The molecule has 0 fully saturated rings. The maximum atomic E-state index is 13.2. The molecule has 1 amide bonds.